The van der Waals surface area contributed by atoms with Crippen molar-refractivity contribution in [1.29, 1.82) is 0 Å². The van der Waals surface area contributed by atoms with E-state index in [1.165, 1.54) is 110 Å². The third-order valence-electron chi connectivity index (χ3n) is 12.8. The molecule has 0 aromatic heterocycles. The van der Waals surface area contributed by atoms with Gasteiger partial charge in [-0.2, -0.15) is 0 Å². The van der Waals surface area contributed by atoms with Gasteiger partial charge in [0.15, 0.2) is 0 Å². The van der Waals surface area contributed by atoms with Crippen molar-refractivity contribution in [1.82, 2.24) is 0 Å². The van der Waals surface area contributed by atoms with Crippen LogP contribution in [0, 0.1) is 0 Å². The van der Waals surface area contributed by atoms with E-state index in [1.54, 1.807) is 0 Å². The molecule has 54 heavy (non-hydrogen) atoms. The van der Waals surface area contributed by atoms with Gasteiger partial charge in [-0.15, -0.1) is 0 Å². The van der Waals surface area contributed by atoms with Gasteiger partial charge >= 0.3 is 0 Å². The molecule has 0 atom stereocenters. The minimum absolute atomic E-state index is 0.116. The molecule has 2 aliphatic rings. The Bertz CT molecular complexity index is 2970. The second kappa shape index (κ2) is 11.1. The van der Waals surface area contributed by atoms with Crippen molar-refractivity contribution >= 4 is 32.3 Å². The second-order valence-electron chi connectivity index (χ2n) is 16.4. The standard InChI is InChI=1S/C54H40/c1-53(2)45-28-16-15-27-43(45)51-47(53)32-44(50-42-26-14-17-29-46(42)54(3,4)52(50)51)36-30-31-41(35-21-9-8-20-34(35)36)49-39-24-12-10-22-37(39)48(33-18-6-5-7-19-33)38-23-11-13-25-40(38)49/h5-32H,1-4H3. The van der Waals surface area contributed by atoms with Crippen molar-refractivity contribution in [2.45, 2.75) is 38.5 Å². The van der Waals surface area contributed by atoms with Gasteiger partial charge in [0, 0.05) is 10.8 Å². The highest BCUT2D eigenvalue weighted by Gasteiger charge is 2.45. The minimum atomic E-state index is -0.145. The lowest BCUT2D eigenvalue weighted by Crippen LogP contribution is -2.18. The zero-order valence-electron chi connectivity index (χ0n) is 31.2. The molecule has 0 bridgehead atoms. The van der Waals surface area contributed by atoms with Crippen LogP contribution < -0.4 is 0 Å². The Labute approximate surface area is 317 Å². The van der Waals surface area contributed by atoms with Crippen LogP contribution in [-0.4, -0.2) is 0 Å². The van der Waals surface area contributed by atoms with Crippen LogP contribution in [0.5, 0.6) is 0 Å². The Kier molecular flexibility index (Phi) is 6.46. The summed E-state index contributed by atoms with van der Waals surface area (Å²) in [5, 5.41) is 7.68. The average molecular weight is 689 g/mol. The molecule has 11 rings (SSSR count). The number of benzene rings is 9. The maximum absolute atomic E-state index is 2.56. The molecule has 0 heterocycles. The fraction of sp³-hybridized carbons (Fsp3) is 0.111. The van der Waals surface area contributed by atoms with Crippen molar-refractivity contribution in [3.8, 4) is 55.6 Å². The van der Waals surface area contributed by atoms with Crippen molar-refractivity contribution in [3.05, 3.63) is 192 Å². The summed E-state index contributed by atoms with van der Waals surface area (Å²) in [5.74, 6) is 0. The molecular weight excluding hydrogens is 649 g/mol. The van der Waals surface area contributed by atoms with Crippen LogP contribution >= 0.6 is 0 Å². The van der Waals surface area contributed by atoms with E-state index in [9.17, 15) is 0 Å². The van der Waals surface area contributed by atoms with E-state index in [-0.39, 0.29) is 10.8 Å². The zero-order chi connectivity index (χ0) is 36.3. The van der Waals surface area contributed by atoms with E-state index in [1.807, 2.05) is 0 Å². The van der Waals surface area contributed by atoms with Crippen molar-refractivity contribution in [2.24, 2.45) is 0 Å². The van der Waals surface area contributed by atoms with E-state index in [0.29, 0.717) is 0 Å². The van der Waals surface area contributed by atoms with Crippen LogP contribution in [0.25, 0.3) is 88.0 Å². The van der Waals surface area contributed by atoms with Crippen LogP contribution in [0.4, 0.5) is 0 Å². The van der Waals surface area contributed by atoms with Gasteiger partial charge < -0.3 is 0 Å². The largest absolute Gasteiger partial charge is 0.0622 e. The Morgan fingerprint density at radius 3 is 1.33 bits per heavy atom. The van der Waals surface area contributed by atoms with Gasteiger partial charge in [0.05, 0.1) is 0 Å². The summed E-state index contributed by atoms with van der Waals surface area (Å²) in [4.78, 5) is 0. The molecule has 0 saturated heterocycles. The van der Waals surface area contributed by atoms with Crippen molar-refractivity contribution < 1.29 is 0 Å². The lowest BCUT2D eigenvalue weighted by Gasteiger charge is -2.28. The Hall–Kier alpha value is -6.24. The number of hydrogen-bond donors (Lipinski definition) is 0. The SMILES string of the molecule is CC1(C)c2ccccc2-c2c1cc(-c1ccc(-c3c4ccccc4c(-c4ccccc4)c4ccccc34)c3ccccc13)c1c2C(C)(C)c2ccccc2-1. The Balaban J connectivity index is 1.24. The van der Waals surface area contributed by atoms with E-state index in [0.717, 1.165) is 0 Å². The molecule has 0 nitrogen and oxygen atoms in total. The first-order valence-electron chi connectivity index (χ1n) is 19.3. The molecule has 9 aromatic carbocycles. The molecule has 0 fully saturated rings. The molecular formula is C54H40. The number of fused-ring (bicyclic) bond motifs is 10. The van der Waals surface area contributed by atoms with E-state index < -0.39 is 0 Å². The highest BCUT2D eigenvalue weighted by molar-refractivity contribution is 6.24. The summed E-state index contributed by atoms with van der Waals surface area (Å²) in [6.07, 6.45) is 0. The topological polar surface area (TPSA) is 0 Å². The fourth-order valence-corrected chi connectivity index (χ4v) is 10.4. The van der Waals surface area contributed by atoms with Crippen LogP contribution in [-0.2, 0) is 10.8 Å². The maximum Gasteiger partial charge on any atom is 0.0165 e. The summed E-state index contributed by atoms with van der Waals surface area (Å²) >= 11 is 0. The quantitative estimate of drug-likeness (QED) is 0.162. The summed E-state index contributed by atoms with van der Waals surface area (Å²) in [6, 6.07) is 63.7. The second-order valence-corrected chi connectivity index (χ2v) is 16.4. The molecule has 0 N–H and O–H groups in total. The number of rotatable bonds is 3. The first-order chi connectivity index (χ1) is 26.4. The van der Waals surface area contributed by atoms with Crippen molar-refractivity contribution in [3.63, 3.8) is 0 Å². The molecule has 0 amide bonds. The third kappa shape index (κ3) is 4.09. The molecule has 9 aromatic rings. The molecule has 256 valence electrons. The fourth-order valence-electron chi connectivity index (χ4n) is 10.4. The van der Waals surface area contributed by atoms with Gasteiger partial charge in [-0.1, -0.05) is 191 Å². The Morgan fingerprint density at radius 2 is 0.722 bits per heavy atom. The van der Waals surface area contributed by atoms with Gasteiger partial charge in [-0.25, -0.2) is 0 Å². The monoisotopic (exact) mass is 688 g/mol. The highest BCUT2D eigenvalue weighted by atomic mass is 14.5. The molecule has 0 spiro atoms. The van der Waals surface area contributed by atoms with Crippen LogP contribution in [0.2, 0.25) is 0 Å². The molecule has 0 radical (unpaired) electrons. The molecule has 0 saturated carbocycles. The van der Waals surface area contributed by atoms with E-state index in [2.05, 4.69) is 198 Å². The Morgan fingerprint density at radius 1 is 0.278 bits per heavy atom. The van der Waals surface area contributed by atoms with Crippen LogP contribution in [0.15, 0.2) is 170 Å². The van der Waals surface area contributed by atoms with Gasteiger partial charge in [-0.05, 0) is 116 Å². The minimum Gasteiger partial charge on any atom is -0.0622 e. The maximum atomic E-state index is 2.56. The number of hydrogen-bond acceptors (Lipinski definition) is 0. The summed E-state index contributed by atoms with van der Waals surface area (Å²) < 4.78 is 0. The molecule has 0 heteroatoms. The van der Waals surface area contributed by atoms with Gasteiger partial charge in [0.25, 0.3) is 0 Å². The van der Waals surface area contributed by atoms with Gasteiger partial charge in [0.2, 0.25) is 0 Å². The molecule has 0 aliphatic heterocycles. The molecule has 2 aliphatic carbocycles. The predicted octanol–water partition coefficient (Wildman–Crippen LogP) is 14.8. The lowest BCUT2D eigenvalue weighted by atomic mass is 9.75. The highest BCUT2D eigenvalue weighted by Crippen LogP contribution is 2.62. The lowest BCUT2D eigenvalue weighted by molar-refractivity contribution is 0.648. The average Bonchev–Trinajstić information content (AvgIpc) is 3.59. The van der Waals surface area contributed by atoms with Gasteiger partial charge in [0.1, 0.15) is 0 Å². The summed E-state index contributed by atoms with van der Waals surface area (Å²) in [7, 11) is 0. The smallest absolute Gasteiger partial charge is 0.0165 e. The zero-order valence-corrected chi connectivity index (χ0v) is 31.2. The van der Waals surface area contributed by atoms with Crippen LogP contribution in [0.1, 0.15) is 49.9 Å². The van der Waals surface area contributed by atoms with Crippen molar-refractivity contribution in [2.75, 3.05) is 0 Å². The predicted molar refractivity (Wildman–Crippen MR) is 230 cm³/mol. The van der Waals surface area contributed by atoms with Crippen LogP contribution in [0.3, 0.4) is 0 Å². The summed E-state index contributed by atoms with van der Waals surface area (Å²) in [5.41, 5.74) is 18.8. The normalized spacial score (nSPS) is 14.6. The third-order valence-corrected chi connectivity index (χ3v) is 12.8. The first-order valence-corrected chi connectivity index (χ1v) is 19.3. The molecule has 0 unspecified atom stereocenters. The summed E-state index contributed by atoms with van der Waals surface area (Å²) in [6.45, 7) is 9.71. The van der Waals surface area contributed by atoms with Gasteiger partial charge in [-0.3, -0.25) is 0 Å². The first kappa shape index (κ1) is 31.3. The van der Waals surface area contributed by atoms with E-state index in [4.69, 9.17) is 0 Å². The van der Waals surface area contributed by atoms with E-state index >= 15 is 0 Å².